The molecule has 0 aliphatic carbocycles. The van der Waals surface area contributed by atoms with Crippen molar-refractivity contribution in [3.05, 3.63) is 174 Å². The van der Waals surface area contributed by atoms with Crippen LogP contribution in [-0.2, 0) is 0 Å². The quantitative estimate of drug-likeness (QED) is 0.168. The summed E-state index contributed by atoms with van der Waals surface area (Å²) in [7, 11) is 0. The van der Waals surface area contributed by atoms with Gasteiger partial charge in [-0.1, -0.05) is 91.5 Å². The Morgan fingerprint density at radius 1 is 0.569 bits per heavy atom. The summed E-state index contributed by atoms with van der Waals surface area (Å²) in [5.74, 6) is 0. The molecule has 5 nitrogen and oxygen atoms in total. The first-order valence-electron chi connectivity index (χ1n) is 16.6. The third kappa shape index (κ3) is 4.99. The first kappa shape index (κ1) is 30.9. The number of nitrogens with zero attached hydrogens (tertiary/aromatic N) is 5. The first-order chi connectivity index (χ1) is 25.1. The zero-order chi connectivity index (χ0) is 35.1. The second-order valence-corrected chi connectivity index (χ2v) is 12.4. The number of aromatic nitrogens is 2. The molecule has 8 rings (SSSR count). The fourth-order valence-corrected chi connectivity index (χ4v) is 7.35. The van der Waals surface area contributed by atoms with Crippen molar-refractivity contribution in [2.24, 2.45) is 0 Å². The molecule has 0 atom stereocenters. The molecule has 0 bridgehead atoms. The number of fused-ring (bicyclic) bond motifs is 4. The second-order valence-electron chi connectivity index (χ2n) is 12.4. The van der Waals surface area contributed by atoms with Crippen LogP contribution in [0.2, 0.25) is 0 Å². The summed E-state index contributed by atoms with van der Waals surface area (Å²) >= 11 is 0. The van der Waals surface area contributed by atoms with Crippen molar-refractivity contribution < 1.29 is 0 Å². The maximum Gasteiger partial charge on any atom is 0.100 e. The highest BCUT2D eigenvalue weighted by Gasteiger charge is 2.21. The summed E-state index contributed by atoms with van der Waals surface area (Å²) in [6.07, 6.45) is 5.68. The molecule has 5 heteroatoms. The largest absolute Gasteiger partial charge is 0.309 e. The number of benzene rings is 6. The smallest absolute Gasteiger partial charge is 0.100 e. The van der Waals surface area contributed by atoms with Gasteiger partial charge in [0.2, 0.25) is 0 Å². The molecule has 0 fully saturated rings. The summed E-state index contributed by atoms with van der Waals surface area (Å²) in [4.78, 5) is 0. The summed E-state index contributed by atoms with van der Waals surface area (Å²) in [6, 6.07) is 49.3. The highest BCUT2D eigenvalue weighted by Crippen LogP contribution is 2.40. The lowest BCUT2D eigenvalue weighted by Crippen LogP contribution is -2.01. The number of para-hydroxylation sites is 3. The molecule has 2 aromatic heterocycles. The topological polar surface area (TPSA) is 81.2 Å². The van der Waals surface area contributed by atoms with Crippen molar-refractivity contribution in [1.29, 1.82) is 15.8 Å². The van der Waals surface area contributed by atoms with Crippen LogP contribution in [0.1, 0.15) is 27.9 Å². The van der Waals surface area contributed by atoms with Crippen LogP contribution in [0.5, 0.6) is 0 Å². The Labute approximate surface area is 295 Å². The Morgan fingerprint density at radius 2 is 1.22 bits per heavy atom. The van der Waals surface area contributed by atoms with Gasteiger partial charge in [0.05, 0.1) is 51.1 Å². The van der Waals surface area contributed by atoms with Crippen LogP contribution in [0, 0.1) is 40.9 Å². The Hall–Kier alpha value is -7.39. The van der Waals surface area contributed by atoms with Crippen LogP contribution < -0.4 is 0 Å². The zero-order valence-corrected chi connectivity index (χ0v) is 27.8. The number of nitriles is 3. The Morgan fingerprint density at radius 3 is 1.92 bits per heavy atom. The third-order valence-electron chi connectivity index (χ3n) is 9.59. The van der Waals surface area contributed by atoms with Gasteiger partial charge in [0.1, 0.15) is 6.07 Å². The van der Waals surface area contributed by atoms with Crippen LogP contribution in [0.25, 0.3) is 72.4 Å². The fourth-order valence-electron chi connectivity index (χ4n) is 7.35. The molecule has 8 aromatic rings. The van der Waals surface area contributed by atoms with Crippen molar-refractivity contribution >= 4 is 38.8 Å². The van der Waals surface area contributed by atoms with E-state index in [4.69, 9.17) is 0 Å². The van der Waals surface area contributed by atoms with Gasteiger partial charge in [-0.2, -0.15) is 15.8 Å². The molecule has 0 N–H and O–H groups in total. The number of aryl methyl sites for hydroxylation is 1. The Bertz CT molecular complexity index is 2820. The summed E-state index contributed by atoms with van der Waals surface area (Å²) in [5, 5.41) is 34.0. The molecule has 2 heterocycles. The Kier molecular flexibility index (Phi) is 7.62. The molecule has 0 unspecified atom stereocenters. The van der Waals surface area contributed by atoms with Crippen molar-refractivity contribution in [1.82, 2.24) is 9.13 Å². The lowest BCUT2D eigenvalue weighted by molar-refractivity contribution is 1.10. The van der Waals surface area contributed by atoms with Gasteiger partial charge in [-0.25, -0.2) is 0 Å². The molecule has 0 saturated heterocycles. The first-order valence-corrected chi connectivity index (χ1v) is 16.6. The minimum atomic E-state index is 0.503. The normalized spacial score (nSPS) is 11.2. The monoisotopic (exact) mass is 651 g/mol. The van der Waals surface area contributed by atoms with Gasteiger partial charge in [-0.3, -0.25) is 0 Å². The molecular formula is C46H29N5. The SMILES string of the molecule is C=C/C=C\c1c(C)c2cc(C#N)ccc2n1-c1ccccc1-c1cccc(-c2cc(C#N)cc(-n3c4ccccc4c4ccccc43)c2)c1C#N. The fraction of sp³-hybridized carbons (Fsp3) is 0.0217. The van der Waals surface area contributed by atoms with E-state index in [1.54, 1.807) is 6.08 Å². The minimum absolute atomic E-state index is 0.503. The molecule has 0 saturated carbocycles. The average molecular weight is 652 g/mol. The molecular weight excluding hydrogens is 623 g/mol. The van der Waals surface area contributed by atoms with E-state index in [0.29, 0.717) is 16.7 Å². The summed E-state index contributed by atoms with van der Waals surface area (Å²) in [5.41, 5.74) is 11.6. The lowest BCUT2D eigenvalue weighted by atomic mass is 9.91. The minimum Gasteiger partial charge on any atom is -0.309 e. The predicted molar refractivity (Wildman–Crippen MR) is 207 cm³/mol. The van der Waals surface area contributed by atoms with Gasteiger partial charge in [-0.15, -0.1) is 0 Å². The van der Waals surface area contributed by atoms with Gasteiger partial charge >= 0.3 is 0 Å². The standard InChI is InChI=1S/C46H29N5/c1-3-4-17-42-30(2)40-25-31(27-47)21-22-46(40)51(42)45-20-10-5-12-37(45)36-16-11-15-35(41(36)29-49)33-23-32(28-48)24-34(26-33)50-43-18-8-6-13-38(43)39-14-7-9-19-44(39)50/h3-26H,1H2,2H3/b17-4-. The van der Waals surface area contributed by atoms with Crippen LogP contribution in [0.3, 0.4) is 0 Å². The van der Waals surface area contributed by atoms with Crippen LogP contribution >= 0.6 is 0 Å². The van der Waals surface area contributed by atoms with E-state index in [1.165, 1.54) is 0 Å². The van der Waals surface area contributed by atoms with E-state index in [1.807, 2.05) is 103 Å². The molecule has 238 valence electrons. The van der Waals surface area contributed by atoms with Crippen LogP contribution in [0.4, 0.5) is 0 Å². The number of allylic oxidation sites excluding steroid dienone is 2. The summed E-state index contributed by atoms with van der Waals surface area (Å²) < 4.78 is 4.38. The molecule has 51 heavy (non-hydrogen) atoms. The Balaban J connectivity index is 1.36. The van der Waals surface area contributed by atoms with Crippen LogP contribution in [-0.4, -0.2) is 9.13 Å². The third-order valence-corrected chi connectivity index (χ3v) is 9.59. The highest BCUT2D eigenvalue weighted by molar-refractivity contribution is 6.09. The van der Waals surface area contributed by atoms with E-state index < -0.39 is 0 Å². The summed E-state index contributed by atoms with van der Waals surface area (Å²) in [6.45, 7) is 5.94. The van der Waals surface area contributed by atoms with Crippen molar-refractivity contribution in [2.45, 2.75) is 6.92 Å². The maximum absolute atomic E-state index is 10.9. The zero-order valence-electron chi connectivity index (χ0n) is 27.8. The lowest BCUT2D eigenvalue weighted by Gasteiger charge is -2.18. The van der Waals surface area contributed by atoms with Gasteiger partial charge in [-0.05, 0) is 78.7 Å². The maximum atomic E-state index is 10.9. The predicted octanol–water partition coefficient (Wildman–Crippen LogP) is 11.2. The van der Waals surface area contributed by atoms with Gasteiger partial charge in [0, 0.05) is 44.2 Å². The highest BCUT2D eigenvalue weighted by atomic mass is 15.0. The van der Waals surface area contributed by atoms with E-state index in [-0.39, 0.29) is 0 Å². The number of rotatable bonds is 6. The average Bonchev–Trinajstić information content (AvgIpc) is 3.67. The molecule has 0 spiro atoms. The van der Waals surface area contributed by atoms with E-state index in [0.717, 1.165) is 77.6 Å². The molecule has 0 aliphatic rings. The molecule has 0 aliphatic heterocycles. The molecule has 0 radical (unpaired) electrons. The number of hydrogen-bond donors (Lipinski definition) is 0. The van der Waals surface area contributed by atoms with Crippen molar-refractivity contribution in [3.8, 4) is 51.8 Å². The van der Waals surface area contributed by atoms with Gasteiger partial charge in [0.25, 0.3) is 0 Å². The second kappa shape index (κ2) is 12.6. The van der Waals surface area contributed by atoms with Crippen molar-refractivity contribution in [3.63, 3.8) is 0 Å². The van der Waals surface area contributed by atoms with Gasteiger partial charge < -0.3 is 9.13 Å². The van der Waals surface area contributed by atoms with E-state index in [2.05, 4.69) is 77.2 Å². The van der Waals surface area contributed by atoms with E-state index in [9.17, 15) is 15.8 Å². The number of hydrogen-bond acceptors (Lipinski definition) is 3. The van der Waals surface area contributed by atoms with Crippen LogP contribution in [0.15, 0.2) is 146 Å². The van der Waals surface area contributed by atoms with E-state index >= 15 is 0 Å². The van der Waals surface area contributed by atoms with Gasteiger partial charge in [0.15, 0.2) is 0 Å². The molecule has 6 aromatic carbocycles. The van der Waals surface area contributed by atoms with Crippen molar-refractivity contribution in [2.75, 3.05) is 0 Å². The molecule has 0 amide bonds.